The molecule has 1 heterocycles. The molecular weight excluding hydrogens is 370 g/mol. The van der Waals surface area contributed by atoms with Crippen LogP contribution < -0.4 is 16.0 Å². The van der Waals surface area contributed by atoms with Gasteiger partial charge in [0.1, 0.15) is 11.8 Å². The molecule has 8 nitrogen and oxygen atoms in total. The first-order valence-electron chi connectivity index (χ1n) is 9.12. The summed E-state index contributed by atoms with van der Waals surface area (Å²) in [5.41, 5.74) is 1.80. The van der Waals surface area contributed by atoms with Gasteiger partial charge in [-0.1, -0.05) is 30.3 Å². The Morgan fingerprint density at radius 2 is 1.90 bits per heavy atom. The fraction of sp³-hybridized carbons (Fsp3) is 0.238. The van der Waals surface area contributed by atoms with Gasteiger partial charge in [0.2, 0.25) is 0 Å². The predicted octanol–water partition coefficient (Wildman–Crippen LogP) is 1.40. The van der Waals surface area contributed by atoms with Crippen molar-refractivity contribution < 1.29 is 14.7 Å². The quantitative estimate of drug-likeness (QED) is 0.410. The van der Waals surface area contributed by atoms with E-state index in [0.717, 1.165) is 5.57 Å². The van der Waals surface area contributed by atoms with Gasteiger partial charge in [-0.05, 0) is 29.7 Å². The lowest BCUT2D eigenvalue weighted by Gasteiger charge is -2.14. The number of nitrogens with zero attached hydrogens (tertiary/aromatic N) is 1. The number of carbonyl (C=O) groups excluding carboxylic acids is 2. The number of rotatable bonds is 9. The van der Waals surface area contributed by atoms with Crippen LogP contribution in [0.3, 0.4) is 0 Å². The highest BCUT2D eigenvalue weighted by molar-refractivity contribution is 5.98. The molecule has 1 aromatic carbocycles. The summed E-state index contributed by atoms with van der Waals surface area (Å²) in [6, 6.07) is 11.7. The minimum absolute atomic E-state index is 0.0420. The molecule has 0 aliphatic heterocycles. The van der Waals surface area contributed by atoms with Crippen LogP contribution in [0, 0.1) is 5.41 Å². The van der Waals surface area contributed by atoms with E-state index in [1.165, 1.54) is 25.4 Å². The van der Waals surface area contributed by atoms with Gasteiger partial charge in [0.15, 0.2) is 0 Å². The van der Waals surface area contributed by atoms with E-state index in [2.05, 4.69) is 20.9 Å². The summed E-state index contributed by atoms with van der Waals surface area (Å²) in [4.78, 5) is 28.9. The van der Waals surface area contributed by atoms with Crippen LogP contribution in [0.4, 0.5) is 0 Å². The van der Waals surface area contributed by atoms with Crippen LogP contribution in [-0.2, 0) is 0 Å². The molecule has 29 heavy (non-hydrogen) atoms. The summed E-state index contributed by atoms with van der Waals surface area (Å²) in [6.07, 6.45) is 2.30. The van der Waals surface area contributed by atoms with Gasteiger partial charge < -0.3 is 26.5 Å². The molecule has 0 saturated heterocycles. The van der Waals surface area contributed by atoms with Crippen LogP contribution in [0.15, 0.2) is 54.2 Å². The average molecular weight is 395 g/mol. The third kappa shape index (κ3) is 5.98. The number of nitrogens with one attached hydrogen (secondary N) is 4. The minimum Gasteiger partial charge on any atom is -0.394 e. The third-order valence-electron chi connectivity index (χ3n) is 4.18. The Bertz CT molecular complexity index is 896. The SMILES string of the molecule is CN/C=C(\C=N)CCNC(=O)c1cc(C(=O)NC)nc(C(O)c2ccccc2)c1. The number of amides is 2. The number of aliphatic hydroxyl groups is 1. The van der Waals surface area contributed by atoms with E-state index in [9.17, 15) is 14.7 Å². The van der Waals surface area contributed by atoms with Crippen molar-refractivity contribution in [3.63, 3.8) is 0 Å². The summed E-state index contributed by atoms with van der Waals surface area (Å²) >= 11 is 0. The molecule has 2 aromatic rings. The first-order valence-corrected chi connectivity index (χ1v) is 9.12. The number of hydrogen-bond acceptors (Lipinski definition) is 6. The number of carbonyl (C=O) groups is 2. The van der Waals surface area contributed by atoms with Crippen molar-refractivity contribution in [3.05, 3.63) is 76.8 Å². The third-order valence-corrected chi connectivity index (χ3v) is 4.18. The fourth-order valence-corrected chi connectivity index (χ4v) is 2.67. The molecule has 2 amide bonds. The largest absolute Gasteiger partial charge is 0.394 e. The van der Waals surface area contributed by atoms with Crippen molar-refractivity contribution >= 4 is 18.0 Å². The molecule has 0 radical (unpaired) electrons. The predicted molar refractivity (Wildman–Crippen MR) is 111 cm³/mol. The smallest absolute Gasteiger partial charge is 0.269 e. The molecule has 152 valence electrons. The van der Waals surface area contributed by atoms with E-state index >= 15 is 0 Å². The highest BCUT2D eigenvalue weighted by Gasteiger charge is 2.19. The first kappa shape index (κ1) is 21.8. The zero-order chi connectivity index (χ0) is 21.2. The fourth-order valence-electron chi connectivity index (χ4n) is 2.67. The van der Waals surface area contributed by atoms with Crippen LogP contribution in [0.25, 0.3) is 0 Å². The van der Waals surface area contributed by atoms with Gasteiger partial charge in [0.05, 0.1) is 5.69 Å². The van der Waals surface area contributed by atoms with Gasteiger partial charge in [0.25, 0.3) is 11.8 Å². The zero-order valence-electron chi connectivity index (χ0n) is 16.4. The van der Waals surface area contributed by atoms with Gasteiger partial charge in [-0.2, -0.15) is 0 Å². The minimum atomic E-state index is -1.07. The second-order valence-corrected chi connectivity index (χ2v) is 6.22. The molecule has 2 rings (SSSR count). The topological polar surface area (TPSA) is 127 Å². The van der Waals surface area contributed by atoms with Gasteiger partial charge in [-0.25, -0.2) is 4.98 Å². The summed E-state index contributed by atoms with van der Waals surface area (Å²) in [7, 11) is 3.20. The van der Waals surface area contributed by atoms with Crippen molar-refractivity contribution in [2.75, 3.05) is 20.6 Å². The normalized spacial score (nSPS) is 12.0. The Labute approximate surface area is 169 Å². The Hall–Kier alpha value is -3.52. The molecule has 8 heteroatoms. The van der Waals surface area contributed by atoms with E-state index in [0.29, 0.717) is 18.5 Å². The highest BCUT2D eigenvalue weighted by Crippen LogP contribution is 2.21. The number of hydrogen-bond donors (Lipinski definition) is 5. The average Bonchev–Trinajstić information content (AvgIpc) is 2.77. The maximum absolute atomic E-state index is 12.6. The van der Waals surface area contributed by atoms with Crippen molar-refractivity contribution in [1.29, 1.82) is 5.41 Å². The van der Waals surface area contributed by atoms with Crippen LogP contribution >= 0.6 is 0 Å². The molecule has 0 fully saturated rings. The monoisotopic (exact) mass is 395 g/mol. The van der Waals surface area contributed by atoms with E-state index < -0.39 is 17.9 Å². The van der Waals surface area contributed by atoms with E-state index in [1.807, 2.05) is 6.07 Å². The van der Waals surface area contributed by atoms with E-state index in [1.54, 1.807) is 37.5 Å². The van der Waals surface area contributed by atoms with Gasteiger partial charge in [0, 0.05) is 38.6 Å². The van der Waals surface area contributed by atoms with Crippen molar-refractivity contribution in [2.45, 2.75) is 12.5 Å². The lowest BCUT2D eigenvalue weighted by molar-refractivity contribution is 0.0953. The number of aliphatic hydroxyl groups excluding tert-OH is 1. The Morgan fingerprint density at radius 1 is 1.17 bits per heavy atom. The van der Waals surface area contributed by atoms with Crippen molar-refractivity contribution in [2.24, 2.45) is 0 Å². The lowest BCUT2D eigenvalue weighted by Crippen LogP contribution is -2.27. The number of benzene rings is 1. The van der Waals surface area contributed by atoms with Gasteiger partial charge in [-0.3, -0.25) is 9.59 Å². The van der Waals surface area contributed by atoms with Crippen LogP contribution in [0.2, 0.25) is 0 Å². The number of pyridine rings is 1. The van der Waals surface area contributed by atoms with Gasteiger partial charge >= 0.3 is 0 Å². The van der Waals surface area contributed by atoms with E-state index in [4.69, 9.17) is 5.41 Å². The van der Waals surface area contributed by atoms with Crippen molar-refractivity contribution in [1.82, 2.24) is 20.9 Å². The molecule has 0 aliphatic rings. The molecule has 0 saturated carbocycles. The summed E-state index contributed by atoms with van der Waals surface area (Å²) in [5, 5.41) is 26.1. The maximum atomic E-state index is 12.6. The summed E-state index contributed by atoms with van der Waals surface area (Å²) in [6.45, 7) is 0.315. The Kier molecular flexibility index (Phi) is 8.05. The van der Waals surface area contributed by atoms with Crippen molar-refractivity contribution in [3.8, 4) is 0 Å². The molecule has 1 unspecified atom stereocenters. The van der Waals surface area contributed by atoms with E-state index in [-0.39, 0.29) is 17.0 Å². The van der Waals surface area contributed by atoms with Crippen LogP contribution in [-0.4, -0.2) is 48.8 Å². The Morgan fingerprint density at radius 3 is 2.52 bits per heavy atom. The standard InChI is InChI=1S/C21H25N5O3/c1-23-13-14(12-22)8-9-25-20(28)16-10-17(26-18(11-16)21(29)24-2)19(27)15-6-4-3-5-7-15/h3-7,10-13,19,22-23,27H,8-9H2,1-2H3,(H,24,29)(H,25,28)/b14-13-,22-12?. The summed E-state index contributed by atoms with van der Waals surface area (Å²) in [5.74, 6) is -0.850. The first-order chi connectivity index (χ1) is 14.0. The lowest BCUT2D eigenvalue weighted by atomic mass is 10.0. The van der Waals surface area contributed by atoms with Gasteiger partial charge in [-0.15, -0.1) is 0 Å². The number of aromatic nitrogens is 1. The zero-order valence-corrected chi connectivity index (χ0v) is 16.4. The second-order valence-electron chi connectivity index (χ2n) is 6.22. The molecule has 0 spiro atoms. The maximum Gasteiger partial charge on any atom is 0.269 e. The molecule has 1 atom stereocenters. The molecule has 5 N–H and O–H groups in total. The van der Waals surface area contributed by atoms with Crippen LogP contribution in [0.5, 0.6) is 0 Å². The molecule has 0 bridgehead atoms. The highest BCUT2D eigenvalue weighted by atomic mass is 16.3. The molecule has 1 aromatic heterocycles. The molecule has 0 aliphatic carbocycles. The molecular formula is C21H25N5O3. The van der Waals surface area contributed by atoms with Crippen LogP contribution in [0.1, 0.15) is 44.6 Å². The second kappa shape index (κ2) is 10.7. The summed E-state index contributed by atoms with van der Waals surface area (Å²) < 4.78 is 0. The Balaban J connectivity index is 2.26.